The highest BCUT2D eigenvalue weighted by atomic mass is 32.2. The lowest BCUT2D eigenvalue weighted by Gasteiger charge is -2.08. The van der Waals surface area contributed by atoms with E-state index in [1.165, 1.54) is 11.8 Å². The van der Waals surface area contributed by atoms with Gasteiger partial charge in [0.25, 0.3) is 5.22 Å². The van der Waals surface area contributed by atoms with Gasteiger partial charge in [0.05, 0.1) is 17.0 Å². The summed E-state index contributed by atoms with van der Waals surface area (Å²) >= 11 is 1.25. The number of nitriles is 1. The Balaban J connectivity index is 2.44. The lowest BCUT2D eigenvalue weighted by Crippen LogP contribution is -2.04. The summed E-state index contributed by atoms with van der Waals surface area (Å²) in [4.78, 5) is 4.30. The third-order valence-electron chi connectivity index (χ3n) is 3.12. The first kappa shape index (κ1) is 14.5. The first-order valence-corrected chi connectivity index (χ1v) is 7.32. The summed E-state index contributed by atoms with van der Waals surface area (Å²) in [7, 11) is 0. The van der Waals surface area contributed by atoms with E-state index in [4.69, 9.17) is 4.42 Å². The molecule has 2 heterocycles. The van der Waals surface area contributed by atoms with Gasteiger partial charge in [-0.15, -0.1) is 5.10 Å². The fourth-order valence-electron chi connectivity index (χ4n) is 1.91. The van der Waals surface area contributed by atoms with Crippen LogP contribution in [0.1, 0.15) is 42.1 Å². The van der Waals surface area contributed by atoms with E-state index in [1.807, 2.05) is 27.7 Å². The third-order valence-corrected chi connectivity index (χ3v) is 3.95. The summed E-state index contributed by atoms with van der Waals surface area (Å²) in [6, 6.07) is 2.24. The molecule has 0 aromatic carbocycles. The standard InChI is InChI=1S/C14H16N4OS/c1-5-10-11(7-15)13(18-17-12(10)6-2)20-14-16-8(3)9(4)19-14/h5-6H2,1-4H3. The fraction of sp³-hybridized carbons (Fsp3) is 0.429. The van der Waals surface area contributed by atoms with E-state index in [9.17, 15) is 5.26 Å². The van der Waals surface area contributed by atoms with Crippen LogP contribution < -0.4 is 0 Å². The Morgan fingerprint density at radius 1 is 1.20 bits per heavy atom. The molecular formula is C14H16N4OS. The second-order valence-electron chi connectivity index (χ2n) is 4.35. The van der Waals surface area contributed by atoms with Crippen molar-refractivity contribution in [3.8, 4) is 6.07 Å². The van der Waals surface area contributed by atoms with Gasteiger partial charge in [0.2, 0.25) is 0 Å². The van der Waals surface area contributed by atoms with Crippen LogP contribution in [0, 0.1) is 25.2 Å². The number of hydrogen-bond donors (Lipinski definition) is 0. The maximum absolute atomic E-state index is 9.41. The van der Waals surface area contributed by atoms with Crippen LogP contribution in [-0.4, -0.2) is 15.2 Å². The van der Waals surface area contributed by atoms with Crippen LogP contribution in [0.5, 0.6) is 0 Å². The van der Waals surface area contributed by atoms with Gasteiger partial charge in [-0.05, 0) is 44.0 Å². The molecule has 2 aromatic heterocycles. The molecule has 0 amide bonds. The predicted octanol–water partition coefficient (Wildman–Crippen LogP) is 3.23. The van der Waals surface area contributed by atoms with Crippen LogP contribution in [0.2, 0.25) is 0 Å². The second-order valence-corrected chi connectivity index (χ2v) is 5.29. The Bertz CT molecular complexity index is 653. The van der Waals surface area contributed by atoms with Crippen molar-refractivity contribution >= 4 is 11.8 Å². The zero-order chi connectivity index (χ0) is 14.7. The normalized spacial score (nSPS) is 10.6. The second kappa shape index (κ2) is 6.06. The summed E-state index contributed by atoms with van der Waals surface area (Å²) in [6.07, 6.45) is 1.53. The molecule has 0 N–H and O–H groups in total. The Hall–Kier alpha value is -1.87. The molecule has 2 aromatic rings. The first-order valence-electron chi connectivity index (χ1n) is 6.51. The van der Waals surface area contributed by atoms with E-state index >= 15 is 0 Å². The maximum atomic E-state index is 9.41. The number of oxazole rings is 1. The van der Waals surface area contributed by atoms with E-state index in [2.05, 4.69) is 21.3 Å². The smallest absolute Gasteiger partial charge is 0.262 e. The van der Waals surface area contributed by atoms with Crippen molar-refractivity contribution in [1.82, 2.24) is 15.2 Å². The van der Waals surface area contributed by atoms with Gasteiger partial charge < -0.3 is 4.42 Å². The van der Waals surface area contributed by atoms with Gasteiger partial charge in [0.15, 0.2) is 0 Å². The molecular weight excluding hydrogens is 272 g/mol. The quantitative estimate of drug-likeness (QED) is 0.859. The van der Waals surface area contributed by atoms with E-state index < -0.39 is 0 Å². The fourth-order valence-corrected chi connectivity index (χ4v) is 2.78. The Labute approximate surface area is 122 Å². The molecule has 104 valence electrons. The van der Waals surface area contributed by atoms with Gasteiger partial charge in [-0.3, -0.25) is 0 Å². The number of nitrogens with zero attached hydrogens (tertiary/aromatic N) is 4. The van der Waals surface area contributed by atoms with E-state index in [0.29, 0.717) is 15.8 Å². The average molecular weight is 288 g/mol. The molecule has 0 aliphatic carbocycles. The summed E-state index contributed by atoms with van der Waals surface area (Å²) in [5.74, 6) is 0.778. The summed E-state index contributed by atoms with van der Waals surface area (Å²) in [5.41, 5.74) is 3.28. The van der Waals surface area contributed by atoms with Crippen LogP contribution in [-0.2, 0) is 12.8 Å². The van der Waals surface area contributed by atoms with Crippen molar-refractivity contribution in [3.63, 3.8) is 0 Å². The molecule has 20 heavy (non-hydrogen) atoms. The van der Waals surface area contributed by atoms with Crippen LogP contribution in [0.4, 0.5) is 0 Å². The molecule has 0 bridgehead atoms. The zero-order valence-corrected chi connectivity index (χ0v) is 12.8. The minimum Gasteiger partial charge on any atom is -0.436 e. The molecule has 0 unspecified atom stereocenters. The van der Waals surface area contributed by atoms with Crippen molar-refractivity contribution < 1.29 is 4.42 Å². The van der Waals surface area contributed by atoms with Crippen molar-refractivity contribution in [2.24, 2.45) is 0 Å². The average Bonchev–Trinajstić information content (AvgIpc) is 2.76. The minimum absolute atomic E-state index is 0.497. The van der Waals surface area contributed by atoms with Crippen molar-refractivity contribution in [2.45, 2.75) is 50.8 Å². The molecule has 0 atom stereocenters. The molecule has 5 nitrogen and oxygen atoms in total. The summed E-state index contributed by atoms with van der Waals surface area (Å²) in [6.45, 7) is 7.78. The SMILES string of the molecule is CCc1nnc(Sc2nc(C)c(C)o2)c(C#N)c1CC. The highest BCUT2D eigenvalue weighted by Crippen LogP contribution is 2.31. The number of aryl methyl sites for hydroxylation is 3. The molecule has 0 spiro atoms. The molecule has 0 fully saturated rings. The van der Waals surface area contributed by atoms with Gasteiger partial charge >= 0.3 is 0 Å². The molecule has 0 saturated carbocycles. The topological polar surface area (TPSA) is 75.6 Å². The largest absolute Gasteiger partial charge is 0.436 e. The molecule has 0 radical (unpaired) electrons. The number of aromatic nitrogens is 3. The lowest BCUT2D eigenvalue weighted by atomic mass is 10.1. The van der Waals surface area contributed by atoms with E-state index in [1.54, 1.807) is 0 Å². The highest BCUT2D eigenvalue weighted by molar-refractivity contribution is 7.99. The zero-order valence-electron chi connectivity index (χ0n) is 12.0. The molecule has 0 saturated heterocycles. The van der Waals surface area contributed by atoms with Gasteiger partial charge in [0, 0.05) is 0 Å². The number of hydrogen-bond acceptors (Lipinski definition) is 6. The van der Waals surface area contributed by atoms with Crippen molar-refractivity contribution in [3.05, 3.63) is 28.3 Å². The van der Waals surface area contributed by atoms with Gasteiger partial charge in [-0.25, -0.2) is 4.98 Å². The van der Waals surface area contributed by atoms with Crippen LogP contribution in [0.15, 0.2) is 14.7 Å². The molecule has 2 rings (SSSR count). The molecule has 6 heteroatoms. The maximum Gasteiger partial charge on any atom is 0.262 e. The Morgan fingerprint density at radius 3 is 2.45 bits per heavy atom. The summed E-state index contributed by atoms with van der Waals surface area (Å²) < 4.78 is 5.52. The van der Waals surface area contributed by atoms with Crippen molar-refractivity contribution in [1.29, 1.82) is 5.26 Å². The lowest BCUT2D eigenvalue weighted by molar-refractivity contribution is 0.430. The molecule has 0 aliphatic rings. The van der Waals surface area contributed by atoms with E-state index in [0.717, 1.165) is 35.6 Å². The van der Waals surface area contributed by atoms with E-state index in [-0.39, 0.29) is 0 Å². The first-order chi connectivity index (χ1) is 9.60. The van der Waals surface area contributed by atoms with Crippen molar-refractivity contribution in [2.75, 3.05) is 0 Å². The van der Waals surface area contributed by atoms with Gasteiger partial charge in [-0.1, -0.05) is 13.8 Å². The predicted molar refractivity (Wildman–Crippen MR) is 75.6 cm³/mol. The number of rotatable bonds is 4. The third kappa shape index (κ3) is 2.68. The highest BCUT2D eigenvalue weighted by Gasteiger charge is 2.17. The molecule has 0 aliphatic heterocycles. The Kier molecular flexibility index (Phi) is 4.40. The summed E-state index contributed by atoms with van der Waals surface area (Å²) in [5, 5.41) is 18.8. The van der Waals surface area contributed by atoms with Crippen LogP contribution in [0.25, 0.3) is 0 Å². The van der Waals surface area contributed by atoms with Crippen LogP contribution in [0.3, 0.4) is 0 Å². The van der Waals surface area contributed by atoms with Gasteiger partial charge in [0.1, 0.15) is 16.9 Å². The monoisotopic (exact) mass is 288 g/mol. The Morgan fingerprint density at radius 2 is 1.95 bits per heavy atom. The van der Waals surface area contributed by atoms with Gasteiger partial charge in [-0.2, -0.15) is 10.4 Å². The minimum atomic E-state index is 0.497. The van der Waals surface area contributed by atoms with Crippen LogP contribution >= 0.6 is 11.8 Å².